The highest BCUT2D eigenvalue weighted by Crippen LogP contribution is 2.24. The molecule has 0 spiro atoms. The number of H-pyrrole nitrogens is 1. The van der Waals surface area contributed by atoms with E-state index in [2.05, 4.69) is 19.9 Å². The van der Waals surface area contributed by atoms with Crippen LogP contribution >= 0.6 is 0 Å². The van der Waals surface area contributed by atoms with Crippen LogP contribution in [-0.4, -0.2) is 39.1 Å². The van der Waals surface area contributed by atoms with Gasteiger partial charge in [-0.3, -0.25) is 14.9 Å². The molecule has 1 unspecified atom stereocenters. The van der Waals surface area contributed by atoms with Gasteiger partial charge < -0.3 is 9.64 Å². The van der Waals surface area contributed by atoms with Crippen molar-refractivity contribution in [3.05, 3.63) is 59.8 Å². The fraction of sp³-hybridized carbons (Fsp3) is 0.222. The molecule has 0 saturated heterocycles. The second-order valence-electron chi connectivity index (χ2n) is 5.76. The highest BCUT2D eigenvalue weighted by molar-refractivity contribution is 6.32. The Morgan fingerprint density at radius 3 is 2.88 bits per heavy atom. The number of hydrogen-bond acceptors (Lipinski definition) is 5. The number of halogens is 1. The first-order chi connectivity index (χ1) is 12.5. The van der Waals surface area contributed by atoms with E-state index < -0.39 is 23.7 Å². The number of methoxy groups -OCH3 is 1. The Kier molecular flexibility index (Phi) is 4.92. The first-order valence-corrected chi connectivity index (χ1v) is 7.92. The van der Waals surface area contributed by atoms with Crippen molar-refractivity contribution in [3.8, 4) is 0 Å². The van der Waals surface area contributed by atoms with Crippen LogP contribution in [0.4, 0.5) is 4.39 Å². The fourth-order valence-electron chi connectivity index (χ4n) is 2.73. The normalized spacial score (nSPS) is 12.0. The van der Waals surface area contributed by atoms with Gasteiger partial charge in [0, 0.05) is 18.1 Å². The lowest BCUT2D eigenvalue weighted by molar-refractivity contribution is -0.159. The number of nitrogens with zero attached hydrogens (tertiary/aromatic N) is 3. The average Bonchev–Trinajstić information content (AvgIpc) is 3.12. The van der Waals surface area contributed by atoms with Crippen LogP contribution in [0, 0.1) is 5.82 Å². The smallest absolute Gasteiger partial charge is 0.396 e. The molecule has 134 valence electrons. The molecule has 2 aromatic heterocycles. The van der Waals surface area contributed by atoms with Crippen LogP contribution in [0.3, 0.4) is 0 Å². The van der Waals surface area contributed by atoms with Gasteiger partial charge in [-0.05, 0) is 36.8 Å². The van der Waals surface area contributed by atoms with Crippen LogP contribution in [0.2, 0.25) is 0 Å². The number of carbonyl (C=O) groups excluding carboxylic acids is 2. The molecule has 1 aromatic carbocycles. The van der Waals surface area contributed by atoms with Gasteiger partial charge in [0.25, 0.3) is 0 Å². The predicted molar refractivity (Wildman–Crippen MR) is 91.3 cm³/mol. The van der Waals surface area contributed by atoms with Crippen LogP contribution in [0.25, 0.3) is 10.9 Å². The molecular weight excluding hydrogens is 339 g/mol. The van der Waals surface area contributed by atoms with Crippen LogP contribution in [0.15, 0.2) is 42.7 Å². The van der Waals surface area contributed by atoms with E-state index >= 15 is 0 Å². The van der Waals surface area contributed by atoms with Crippen molar-refractivity contribution in [2.45, 2.75) is 19.5 Å². The van der Waals surface area contributed by atoms with E-state index in [-0.39, 0.29) is 12.2 Å². The summed E-state index contributed by atoms with van der Waals surface area (Å²) >= 11 is 0. The maximum absolute atomic E-state index is 14.1. The number of aromatic amines is 1. The maximum Gasteiger partial charge on any atom is 0.396 e. The predicted octanol–water partition coefficient (Wildman–Crippen LogP) is 2.36. The van der Waals surface area contributed by atoms with Gasteiger partial charge in [0.2, 0.25) is 0 Å². The number of hydrogen-bond donors (Lipinski definition) is 1. The maximum atomic E-state index is 14.1. The van der Waals surface area contributed by atoms with Gasteiger partial charge in [0.15, 0.2) is 0 Å². The molecule has 0 saturated carbocycles. The topological polar surface area (TPSA) is 88.2 Å². The van der Waals surface area contributed by atoms with Gasteiger partial charge in [-0.15, -0.1) is 0 Å². The Morgan fingerprint density at radius 2 is 2.15 bits per heavy atom. The molecule has 7 nitrogen and oxygen atoms in total. The van der Waals surface area contributed by atoms with Gasteiger partial charge in [-0.1, -0.05) is 6.07 Å². The quantitative estimate of drug-likeness (QED) is 0.573. The van der Waals surface area contributed by atoms with Crippen molar-refractivity contribution >= 4 is 22.8 Å². The van der Waals surface area contributed by atoms with Crippen LogP contribution in [0.1, 0.15) is 24.2 Å². The van der Waals surface area contributed by atoms with Crippen LogP contribution in [0.5, 0.6) is 0 Å². The van der Waals surface area contributed by atoms with E-state index in [0.717, 1.165) is 23.6 Å². The first-order valence-electron chi connectivity index (χ1n) is 7.92. The van der Waals surface area contributed by atoms with Gasteiger partial charge in [0.05, 0.1) is 30.6 Å². The van der Waals surface area contributed by atoms with Crippen molar-refractivity contribution in [1.29, 1.82) is 0 Å². The number of carbonyl (C=O) groups is 2. The standard InChI is InChI=1S/C18H17FN4O3/c1-11(16-14(19)4-3-7-20-16)23(17(24)18(25)26-2)10-12-5-6-15-13(8-12)9-21-22-15/h3-9,11H,10H2,1-2H3,(H,21,22). The Morgan fingerprint density at radius 1 is 1.35 bits per heavy atom. The zero-order valence-electron chi connectivity index (χ0n) is 14.3. The van der Waals surface area contributed by atoms with E-state index in [1.807, 2.05) is 12.1 Å². The number of benzene rings is 1. The zero-order valence-corrected chi connectivity index (χ0v) is 14.3. The fourth-order valence-corrected chi connectivity index (χ4v) is 2.73. The number of fused-ring (bicyclic) bond motifs is 1. The molecule has 1 amide bonds. The van der Waals surface area contributed by atoms with E-state index in [4.69, 9.17) is 0 Å². The molecule has 0 radical (unpaired) electrons. The molecule has 2 heterocycles. The number of ether oxygens (including phenoxy) is 1. The van der Waals surface area contributed by atoms with Crippen molar-refractivity contribution < 1.29 is 18.7 Å². The minimum atomic E-state index is -1.02. The van der Waals surface area contributed by atoms with Crippen LogP contribution < -0.4 is 0 Å². The molecule has 0 aliphatic carbocycles. The minimum absolute atomic E-state index is 0.0779. The summed E-state index contributed by atoms with van der Waals surface area (Å²) in [5.41, 5.74) is 1.69. The molecule has 1 atom stereocenters. The summed E-state index contributed by atoms with van der Waals surface area (Å²) in [5, 5.41) is 7.66. The van der Waals surface area contributed by atoms with Crippen LogP contribution in [-0.2, 0) is 20.9 Å². The Labute approximate surface area is 148 Å². The number of nitrogens with one attached hydrogen (secondary N) is 1. The summed E-state index contributed by atoms with van der Waals surface area (Å²) in [6.07, 6.45) is 3.10. The molecule has 0 aliphatic heterocycles. The van der Waals surface area contributed by atoms with E-state index in [0.29, 0.717) is 0 Å². The molecule has 8 heteroatoms. The largest absolute Gasteiger partial charge is 0.462 e. The number of esters is 1. The monoisotopic (exact) mass is 356 g/mol. The zero-order chi connectivity index (χ0) is 18.7. The summed E-state index contributed by atoms with van der Waals surface area (Å²) in [7, 11) is 1.13. The summed E-state index contributed by atoms with van der Waals surface area (Å²) in [4.78, 5) is 29.5. The number of rotatable bonds is 4. The second kappa shape index (κ2) is 7.30. The molecular formula is C18H17FN4O3. The third kappa shape index (κ3) is 3.39. The summed E-state index contributed by atoms with van der Waals surface area (Å²) in [6, 6.07) is 7.44. The number of amides is 1. The van der Waals surface area contributed by atoms with E-state index in [1.165, 1.54) is 23.2 Å². The molecule has 0 fully saturated rings. The Hall–Kier alpha value is -3.29. The number of aromatic nitrogens is 3. The van der Waals surface area contributed by atoms with Crippen molar-refractivity contribution in [3.63, 3.8) is 0 Å². The lowest BCUT2D eigenvalue weighted by Crippen LogP contribution is -2.39. The van der Waals surface area contributed by atoms with Crippen molar-refractivity contribution in [2.24, 2.45) is 0 Å². The van der Waals surface area contributed by atoms with Gasteiger partial charge in [0.1, 0.15) is 5.82 Å². The SMILES string of the molecule is COC(=O)C(=O)N(Cc1ccc2[nH]ncc2c1)C(C)c1ncccc1F. The molecule has 26 heavy (non-hydrogen) atoms. The summed E-state index contributed by atoms with van der Waals surface area (Å²) in [6.45, 7) is 1.70. The van der Waals surface area contributed by atoms with Crippen molar-refractivity contribution in [2.75, 3.05) is 7.11 Å². The highest BCUT2D eigenvalue weighted by atomic mass is 19.1. The Balaban J connectivity index is 1.95. The lowest BCUT2D eigenvalue weighted by atomic mass is 10.1. The van der Waals surface area contributed by atoms with E-state index in [9.17, 15) is 14.0 Å². The molecule has 0 bridgehead atoms. The molecule has 0 aliphatic rings. The van der Waals surface area contributed by atoms with E-state index in [1.54, 1.807) is 19.2 Å². The minimum Gasteiger partial charge on any atom is -0.462 e. The highest BCUT2D eigenvalue weighted by Gasteiger charge is 2.30. The lowest BCUT2D eigenvalue weighted by Gasteiger charge is -2.28. The summed E-state index contributed by atoms with van der Waals surface area (Å²) in [5.74, 6) is -2.43. The first kappa shape index (κ1) is 17.5. The average molecular weight is 356 g/mol. The van der Waals surface area contributed by atoms with Gasteiger partial charge >= 0.3 is 11.9 Å². The number of pyridine rings is 1. The Bertz CT molecular complexity index is 956. The third-order valence-corrected chi connectivity index (χ3v) is 4.13. The van der Waals surface area contributed by atoms with Crippen molar-refractivity contribution in [1.82, 2.24) is 20.1 Å². The van der Waals surface area contributed by atoms with Gasteiger partial charge in [-0.2, -0.15) is 5.10 Å². The molecule has 3 aromatic rings. The molecule has 1 N–H and O–H groups in total. The summed E-state index contributed by atoms with van der Waals surface area (Å²) < 4.78 is 18.7. The second-order valence-corrected chi connectivity index (χ2v) is 5.76. The van der Waals surface area contributed by atoms with Gasteiger partial charge in [-0.25, -0.2) is 9.18 Å². The molecule has 3 rings (SSSR count). The third-order valence-electron chi connectivity index (χ3n) is 4.13.